The summed E-state index contributed by atoms with van der Waals surface area (Å²) in [5.41, 5.74) is 5.10. The Bertz CT molecular complexity index is 2040. The Balaban J connectivity index is 1.32. The van der Waals surface area contributed by atoms with Crippen LogP contribution in [0.25, 0.3) is 27.4 Å². The lowest BCUT2D eigenvalue weighted by Crippen LogP contribution is -2.62. The first-order valence-corrected chi connectivity index (χ1v) is 18.5. The van der Waals surface area contributed by atoms with Crippen molar-refractivity contribution in [1.29, 1.82) is 0 Å². The van der Waals surface area contributed by atoms with Crippen LogP contribution in [0.1, 0.15) is 115 Å². The lowest BCUT2D eigenvalue weighted by atomic mass is 9.40. The van der Waals surface area contributed by atoms with Crippen LogP contribution in [0.4, 0.5) is 13.2 Å². The minimum Gasteiger partial charge on any atom is -0.505 e. The van der Waals surface area contributed by atoms with Crippen molar-refractivity contribution in [3.63, 3.8) is 0 Å². The minimum atomic E-state index is -4.39. The van der Waals surface area contributed by atoms with Crippen molar-refractivity contribution in [1.82, 2.24) is 4.40 Å². The highest BCUT2D eigenvalue weighted by Crippen LogP contribution is 2.71. The zero-order valence-electron chi connectivity index (χ0n) is 31.1. The predicted octanol–water partition coefficient (Wildman–Crippen LogP) is 9.05. The average Bonchev–Trinajstić information content (AvgIpc) is 3.67. The number of hydrogen-bond donors (Lipinski definition) is 3. The van der Waals surface area contributed by atoms with Gasteiger partial charge in [-0.2, -0.15) is 13.2 Å². The largest absolute Gasteiger partial charge is 0.505 e. The molecule has 0 amide bonds. The molecule has 3 N–H and O–H groups in total. The van der Waals surface area contributed by atoms with E-state index in [0.717, 1.165) is 58.9 Å². The third-order valence-corrected chi connectivity index (χ3v) is 14.4. The maximum absolute atomic E-state index is 12.8. The number of fused-ring (bicyclic) bond motifs is 11. The summed E-state index contributed by atoms with van der Waals surface area (Å²) in [6.45, 7) is 19.8. The van der Waals surface area contributed by atoms with Gasteiger partial charge in [0, 0.05) is 38.8 Å². The van der Waals surface area contributed by atoms with Crippen LogP contribution in [-0.2, 0) is 21.3 Å². The van der Waals surface area contributed by atoms with E-state index in [4.69, 9.17) is 9.47 Å². The molecule has 0 radical (unpaired) electrons. The topological polar surface area (TPSA) is 83.6 Å². The van der Waals surface area contributed by atoms with Crippen molar-refractivity contribution < 1.29 is 38.0 Å². The Morgan fingerprint density at radius 3 is 2.47 bits per heavy atom. The second-order valence-corrected chi connectivity index (χ2v) is 18.2. The molecule has 51 heavy (non-hydrogen) atoms. The number of nitrogens with zero attached hydrogens (tertiary/aromatic N) is 1. The quantitative estimate of drug-likeness (QED) is 0.182. The number of benzene rings is 1. The molecule has 3 heterocycles. The number of ether oxygens (including phenoxy) is 2. The SMILES string of the molecule is C=C(C)c1c(O)c2c3c(cc4c5c(n1c42)[C@@]1(C)C(CC[C@H]2[C@](C)(C=CCOCC(F)(F)F)[C@@H](O)CC[C@@]21C)C5)C1=CC(C)(C)OC(C)(C)C1[C@@H]3O. The summed E-state index contributed by atoms with van der Waals surface area (Å²) in [4.78, 5) is 0. The third-order valence-electron chi connectivity index (χ3n) is 14.4. The van der Waals surface area contributed by atoms with E-state index in [0.29, 0.717) is 23.4 Å². The molecule has 0 saturated heterocycles. The summed E-state index contributed by atoms with van der Waals surface area (Å²) in [5.74, 6) is 0.222. The summed E-state index contributed by atoms with van der Waals surface area (Å²) in [6.07, 6.45) is 3.88. The molecule has 9 heteroatoms. The van der Waals surface area contributed by atoms with Crippen molar-refractivity contribution in [3.8, 4) is 5.75 Å². The molecule has 1 aliphatic heterocycles. The standard InChI is InChI=1S/C42H52F3NO5/c1-21(2)32-35(49)30-29-23(26-19-37(3,4)51-38(5,6)31(26)34(29)48)18-24-25-17-22-11-12-27-39(7,14-10-16-50-20-42(43,44)45)28(47)13-15-40(27,8)41(22,9)36(25)46(32)33(24)30/h10,14,18-19,22,27-28,31,34,47-49H,1,11-13,15-17,20H2,2-9H3/t22?,27-,28-,31?,34+,39-,40-,41+/m0/s1. The summed E-state index contributed by atoms with van der Waals surface area (Å²) in [6, 6.07) is 2.27. The van der Waals surface area contributed by atoms with E-state index < -0.39 is 41.6 Å². The lowest BCUT2D eigenvalue weighted by Gasteiger charge is -2.64. The van der Waals surface area contributed by atoms with Gasteiger partial charge in [0.05, 0.1) is 41.2 Å². The van der Waals surface area contributed by atoms with E-state index in [9.17, 15) is 28.5 Å². The molecule has 0 bridgehead atoms. The van der Waals surface area contributed by atoms with E-state index in [1.54, 1.807) is 6.08 Å². The first-order valence-electron chi connectivity index (χ1n) is 18.5. The van der Waals surface area contributed by atoms with Gasteiger partial charge in [-0.1, -0.05) is 39.5 Å². The third kappa shape index (κ3) is 4.50. The number of aromatic hydroxyl groups is 1. The van der Waals surface area contributed by atoms with Gasteiger partial charge < -0.3 is 29.2 Å². The number of aromatic nitrogens is 1. The first-order chi connectivity index (χ1) is 23.6. The summed E-state index contributed by atoms with van der Waals surface area (Å²) in [5, 5.41) is 37.8. The van der Waals surface area contributed by atoms with Crippen molar-refractivity contribution in [2.75, 3.05) is 13.2 Å². The Morgan fingerprint density at radius 2 is 1.80 bits per heavy atom. The average molecular weight is 708 g/mol. The van der Waals surface area contributed by atoms with E-state index in [1.165, 1.54) is 11.3 Å². The number of hydrogen-bond acceptors (Lipinski definition) is 5. The van der Waals surface area contributed by atoms with Crippen LogP contribution >= 0.6 is 0 Å². The van der Waals surface area contributed by atoms with Crippen LogP contribution in [0.3, 0.4) is 0 Å². The fourth-order valence-electron chi connectivity index (χ4n) is 12.5. The van der Waals surface area contributed by atoms with E-state index in [1.807, 2.05) is 40.7 Å². The van der Waals surface area contributed by atoms with Crippen molar-refractivity contribution in [2.24, 2.45) is 28.6 Å². The van der Waals surface area contributed by atoms with Crippen LogP contribution in [-0.4, -0.2) is 56.4 Å². The molecule has 4 aliphatic carbocycles. The maximum Gasteiger partial charge on any atom is 0.411 e. The van der Waals surface area contributed by atoms with Crippen LogP contribution in [0.5, 0.6) is 5.75 Å². The van der Waals surface area contributed by atoms with Crippen molar-refractivity contribution >= 4 is 27.4 Å². The molecule has 6 nitrogen and oxygen atoms in total. The number of allylic oxidation sites excluding steroid dienone is 1. The zero-order valence-corrected chi connectivity index (χ0v) is 31.1. The van der Waals surface area contributed by atoms with Gasteiger partial charge in [0.25, 0.3) is 0 Å². The molecule has 2 aromatic heterocycles. The van der Waals surface area contributed by atoms with Crippen molar-refractivity contribution in [3.05, 3.63) is 59.0 Å². The van der Waals surface area contributed by atoms with Crippen LogP contribution < -0.4 is 0 Å². The van der Waals surface area contributed by atoms with Crippen LogP contribution in [0.15, 0.2) is 30.9 Å². The Kier molecular flexibility index (Phi) is 7.34. The van der Waals surface area contributed by atoms with Gasteiger partial charge in [0.1, 0.15) is 12.4 Å². The Morgan fingerprint density at radius 1 is 1.10 bits per heavy atom. The van der Waals surface area contributed by atoms with Crippen LogP contribution in [0, 0.1) is 28.6 Å². The molecule has 0 spiro atoms. The highest BCUT2D eigenvalue weighted by Gasteiger charge is 2.67. The second-order valence-electron chi connectivity index (χ2n) is 18.2. The monoisotopic (exact) mass is 707 g/mol. The van der Waals surface area contributed by atoms with Gasteiger partial charge >= 0.3 is 6.18 Å². The number of aliphatic hydroxyl groups is 2. The first kappa shape index (κ1) is 35.2. The molecule has 2 saturated carbocycles. The Labute approximate surface area is 298 Å². The highest BCUT2D eigenvalue weighted by molar-refractivity contribution is 6.11. The highest BCUT2D eigenvalue weighted by atomic mass is 19.4. The predicted molar refractivity (Wildman–Crippen MR) is 193 cm³/mol. The van der Waals surface area contributed by atoms with Crippen molar-refractivity contribution in [2.45, 2.75) is 122 Å². The number of aliphatic hydroxyl groups excluding tert-OH is 2. The molecule has 8 atom stereocenters. The summed E-state index contributed by atoms with van der Waals surface area (Å²) in [7, 11) is 0. The molecular formula is C42H52F3NO5. The molecule has 2 unspecified atom stereocenters. The number of alkyl halides is 3. The molecule has 276 valence electrons. The van der Waals surface area contributed by atoms with E-state index >= 15 is 0 Å². The molecule has 1 aromatic carbocycles. The van der Waals surface area contributed by atoms with Gasteiger partial charge in [0.2, 0.25) is 0 Å². The molecule has 5 aliphatic rings. The van der Waals surface area contributed by atoms with Gasteiger partial charge in [0.15, 0.2) is 0 Å². The molecule has 8 rings (SSSR count). The summed E-state index contributed by atoms with van der Waals surface area (Å²) >= 11 is 0. The normalized spacial score (nSPS) is 36.6. The van der Waals surface area contributed by atoms with Crippen LogP contribution in [0.2, 0.25) is 0 Å². The number of rotatable bonds is 5. The van der Waals surface area contributed by atoms with Gasteiger partial charge in [-0.15, -0.1) is 0 Å². The number of halogens is 3. The van der Waals surface area contributed by atoms with Gasteiger partial charge in [-0.25, -0.2) is 0 Å². The Hall–Kier alpha value is -2.85. The fraction of sp³-hybridized carbons (Fsp3) is 0.619. The van der Waals surface area contributed by atoms with Gasteiger partial charge in [-0.05, 0) is 118 Å². The zero-order chi connectivity index (χ0) is 37.0. The smallest absolute Gasteiger partial charge is 0.411 e. The molecule has 3 aromatic rings. The van der Waals surface area contributed by atoms with Gasteiger partial charge in [-0.3, -0.25) is 0 Å². The second kappa shape index (κ2) is 10.6. The molecular weight excluding hydrogens is 655 g/mol. The lowest BCUT2D eigenvalue weighted by molar-refractivity contribution is -0.171. The van der Waals surface area contributed by atoms with E-state index in [-0.39, 0.29) is 35.0 Å². The van der Waals surface area contributed by atoms with E-state index in [2.05, 4.69) is 43.9 Å². The maximum atomic E-state index is 12.8. The minimum absolute atomic E-state index is 0.0433. The summed E-state index contributed by atoms with van der Waals surface area (Å²) < 4.78 is 52.0. The fourth-order valence-corrected chi connectivity index (χ4v) is 12.5. The molecule has 2 fully saturated rings.